The van der Waals surface area contributed by atoms with Gasteiger partial charge in [0.2, 0.25) is 10.0 Å². The van der Waals surface area contributed by atoms with Gasteiger partial charge in [-0.2, -0.15) is 0 Å². The smallest absolute Gasteiger partial charge is 0.251 e. The molecule has 0 aliphatic heterocycles. The summed E-state index contributed by atoms with van der Waals surface area (Å²) in [4.78, 5) is 0. The Bertz CT molecular complexity index is 449. The standard InChI is InChI=1S/C9H12F2N2O2S/c10-9(11)5-13-16(14,15)6-7-2-1-3-8(12)4-7/h1-4,9,13H,5-6,12H2. The number of nitrogens with one attached hydrogen (secondary N) is 1. The van der Waals surface area contributed by atoms with E-state index in [0.29, 0.717) is 11.3 Å². The van der Waals surface area contributed by atoms with Crippen LogP contribution in [0.4, 0.5) is 14.5 Å². The van der Waals surface area contributed by atoms with E-state index in [2.05, 4.69) is 0 Å². The van der Waals surface area contributed by atoms with E-state index in [-0.39, 0.29) is 5.75 Å². The fraction of sp³-hybridized carbons (Fsp3) is 0.333. The number of nitrogen functional groups attached to an aromatic ring is 1. The molecule has 7 heteroatoms. The van der Waals surface area contributed by atoms with Gasteiger partial charge in [0.05, 0.1) is 12.3 Å². The lowest BCUT2D eigenvalue weighted by molar-refractivity contribution is 0.153. The van der Waals surface area contributed by atoms with Crippen LogP contribution >= 0.6 is 0 Å². The van der Waals surface area contributed by atoms with E-state index in [1.807, 2.05) is 4.72 Å². The summed E-state index contributed by atoms with van der Waals surface area (Å²) >= 11 is 0. The van der Waals surface area contributed by atoms with Crippen LogP contribution in [-0.4, -0.2) is 21.4 Å². The Hall–Kier alpha value is -1.21. The van der Waals surface area contributed by atoms with Gasteiger partial charge in [-0.3, -0.25) is 0 Å². The highest BCUT2D eigenvalue weighted by Crippen LogP contribution is 2.09. The third-order valence-electron chi connectivity index (χ3n) is 1.77. The van der Waals surface area contributed by atoms with Gasteiger partial charge in [-0.25, -0.2) is 21.9 Å². The predicted molar refractivity (Wildman–Crippen MR) is 57.5 cm³/mol. The van der Waals surface area contributed by atoms with Crippen LogP contribution in [0.15, 0.2) is 24.3 Å². The molecule has 4 nitrogen and oxygen atoms in total. The van der Waals surface area contributed by atoms with Crippen LogP contribution in [0.1, 0.15) is 5.56 Å². The number of rotatable bonds is 5. The molecule has 90 valence electrons. The number of benzene rings is 1. The molecular formula is C9H12F2N2O2S. The first-order valence-electron chi connectivity index (χ1n) is 4.49. The number of alkyl halides is 2. The Morgan fingerprint density at radius 1 is 1.38 bits per heavy atom. The van der Waals surface area contributed by atoms with Gasteiger partial charge < -0.3 is 5.73 Å². The molecule has 0 fully saturated rings. The predicted octanol–water partition coefficient (Wildman–Crippen LogP) is 0.953. The van der Waals surface area contributed by atoms with Crippen LogP contribution in [0.25, 0.3) is 0 Å². The number of halogens is 2. The van der Waals surface area contributed by atoms with Crippen molar-refractivity contribution in [1.29, 1.82) is 0 Å². The zero-order chi connectivity index (χ0) is 12.2. The molecule has 0 saturated heterocycles. The first-order valence-corrected chi connectivity index (χ1v) is 6.14. The van der Waals surface area contributed by atoms with Crippen molar-refractivity contribution in [2.75, 3.05) is 12.3 Å². The number of hydrogen-bond acceptors (Lipinski definition) is 3. The molecule has 1 rings (SSSR count). The number of hydrogen-bond donors (Lipinski definition) is 2. The maximum absolute atomic E-state index is 11.8. The summed E-state index contributed by atoms with van der Waals surface area (Å²) in [6.07, 6.45) is -2.70. The molecule has 16 heavy (non-hydrogen) atoms. The highest BCUT2D eigenvalue weighted by atomic mass is 32.2. The summed E-state index contributed by atoms with van der Waals surface area (Å²) in [6, 6.07) is 6.27. The Morgan fingerprint density at radius 3 is 2.62 bits per heavy atom. The molecule has 0 aromatic heterocycles. The molecule has 1 aromatic carbocycles. The number of anilines is 1. The maximum atomic E-state index is 11.8. The zero-order valence-corrected chi connectivity index (χ0v) is 9.18. The van der Waals surface area contributed by atoms with E-state index < -0.39 is 23.0 Å². The van der Waals surface area contributed by atoms with Crippen LogP contribution in [-0.2, 0) is 15.8 Å². The molecule has 0 bridgehead atoms. The second-order valence-electron chi connectivity index (χ2n) is 3.24. The second kappa shape index (κ2) is 5.22. The van der Waals surface area contributed by atoms with Crippen molar-refractivity contribution < 1.29 is 17.2 Å². The van der Waals surface area contributed by atoms with Crippen molar-refractivity contribution in [3.63, 3.8) is 0 Å². The summed E-state index contributed by atoms with van der Waals surface area (Å²) in [5.74, 6) is -0.356. The van der Waals surface area contributed by atoms with E-state index in [4.69, 9.17) is 5.73 Å². The molecule has 0 heterocycles. The highest BCUT2D eigenvalue weighted by Gasteiger charge is 2.13. The van der Waals surface area contributed by atoms with Crippen LogP contribution < -0.4 is 10.5 Å². The fourth-order valence-corrected chi connectivity index (χ4v) is 2.24. The molecule has 0 aliphatic carbocycles. The minimum Gasteiger partial charge on any atom is -0.399 e. The van der Waals surface area contributed by atoms with E-state index >= 15 is 0 Å². The minimum absolute atomic E-state index is 0.356. The van der Waals surface area contributed by atoms with Gasteiger partial charge in [0.25, 0.3) is 6.43 Å². The summed E-state index contributed by atoms with van der Waals surface area (Å²) in [5, 5.41) is 0. The molecule has 3 N–H and O–H groups in total. The van der Waals surface area contributed by atoms with Gasteiger partial charge in [0, 0.05) is 5.69 Å². The quantitative estimate of drug-likeness (QED) is 0.764. The SMILES string of the molecule is Nc1cccc(CS(=O)(=O)NCC(F)F)c1. The van der Waals surface area contributed by atoms with Crippen molar-refractivity contribution in [3.05, 3.63) is 29.8 Å². The van der Waals surface area contributed by atoms with Crippen LogP contribution in [0.2, 0.25) is 0 Å². The molecule has 0 unspecified atom stereocenters. The number of sulfonamides is 1. The lowest BCUT2D eigenvalue weighted by Crippen LogP contribution is -2.29. The summed E-state index contributed by atoms with van der Waals surface area (Å²) in [5.41, 5.74) is 6.36. The lowest BCUT2D eigenvalue weighted by atomic mass is 10.2. The molecule has 0 radical (unpaired) electrons. The van der Waals surface area contributed by atoms with E-state index in [1.54, 1.807) is 18.2 Å². The lowest BCUT2D eigenvalue weighted by Gasteiger charge is -2.06. The first kappa shape index (κ1) is 12.9. The third-order valence-corrected chi connectivity index (χ3v) is 3.09. The fourth-order valence-electron chi connectivity index (χ4n) is 1.14. The van der Waals surface area contributed by atoms with E-state index in [0.717, 1.165) is 0 Å². The van der Waals surface area contributed by atoms with Crippen molar-refractivity contribution in [1.82, 2.24) is 4.72 Å². The Balaban J connectivity index is 2.66. The summed E-state index contributed by atoms with van der Waals surface area (Å²) in [7, 11) is -3.73. The minimum atomic E-state index is -3.73. The summed E-state index contributed by atoms with van der Waals surface area (Å²) in [6.45, 7) is -0.870. The van der Waals surface area contributed by atoms with Gasteiger partial charge >= 0.3 is 0 Å². The van der Waals surface area contributed by atoms with Crippen LogP contribution in [0.5, 0.6) is 0 Å². The Labute approximate surface area is 92.5 Å². The van der Waals surface area contributed by atoms with E-state index in [9.17, 15) is 17.2 Å². The van der Waals surface area contributed by atoms with E-state index in [1.165, 1.54) is 6.07 Å². The maximum Gasteiger partial charge on any atom is 0.251 e. The molecule has 1 aromatic rings. The van der Waals surface area contributed by atoms with Crippen LogP contribution in [0.3, 0.4) is 0 Å². The highest BCUT2D eigenvalue weighted by molar-refractivity contribution is 7.88. The number of nitrogens with two attached hydrogens (primary N) is 1. The molecular weight excluding hydrogens is 238 g/mol. The Kier molecular flexibility index (Phi) is 4.19. The van der Waals surface area contributed by atoms with Crippen molar-refractivity contribution in [2.24, 2.45) is 0 Å². The third kappa shape index (κ3) is 4.54. The largest absolute Gasteiger partial charge is 0.399 e. The topological polar surface area (TPSA) is 72.2 Å². The average molecular weight is 250 g/mol. The molecule has 0 atom stereocenters. The van der Waals surface area contributed by atoms with Crippen molar-refractivity contribution >= 4 is 15.7 Å². The van der Waals surface area contributed by atoms with Gasteiger partial charge in [0.15, 0.2) is 0 Å². The Morgan fingerprint density at radius 2 is 2.06 bits per heavy atom. The first-order chi connectivity index (χ1) is 7.39. The van der Waals surface area contributed by atoms with Crippen LogP contribution in [0, 0.1) is 0 Å². The average Bonchev–Trinajstić information content (AvgIpc) is 2.14. The van der Waals surface area contributed by atoms with Crippen molar-refractivity contribution in [2.45, 2.75) is 12.2 Å². The van der Waals surface area contributed by atoms with Gasteiger partial charge in [-0.05, 0) is 17.7 Å². The zero-order valence-electron chi connectivity index (χ0n) is 8.36. The summed E-state index contributed by atoms with van der Waals surface area (Å²) < 4.78 is 48.1. The molecule has 0 saturated carbocycles. The molecule has 0 spiro atoms. The van der Waals surface area contributed by atoms with Gasteiger partial charge in [0.1, 0.15) is 0 Å². The normalized spacial score (nSPS) is 11.9. The van der Waals surface area contributed by atoms with Gasteiger partial charge in [-0.1, -0.05) is 12.1 Å². The van der Waals surface area contributed by atoms with Crippen molar-refractivity contribution in [3.8, 4) is 0 Å². The second-order valence-corrected chi connectivity index (χ2v) is 5.05. The molecule has 0 amide bonds. The molecule has 0 aliphatic rings. The van der Waals surface area contributed by atoms with Gasteiger partial charge in [-0.15, -0.1) is 0 Å². The monoisotopic (exact) mass is 250 g/mol.